The van der Waals surface area contributed by atoms with Crippen LogP contribution in [0.5, 0.6) is 5.75 Å². The van der Waals surface area contributed by atoms with Crippen molar-refractivity contribution in [3.8, 4) is 5.75 Å². The molecule has 0 radical (unpaired) electrons. The van der Waals surface area contributed by atoms with E-state index in [1.807, 2.05) is 16.3 Å². The first-order chi connectivity index (χ1) is 15.0. The number of phenolic OH excluding ortho intramolecular Hbond substituents is 1. The highest BCUT2D eigenvalue weighted by atomic mass is 16.3. The molecule has 5 rings (SSSR count). The number of rotatable bonds is 3. The van der Waals surface area contributed by atoms with Crippen molar-refractivity contribution in [2.24, 2.45) is 0 Å². The first-order valence-electron chi connectivity index (χ1n) is 11.5. The van der Waals surface area contributed by atoms with Gasteiger partial charge in [-0.15, -0.1) is 0 Å². The van der Waals surface area contributed by atoms with Crippen LogP contribution in [0.2, 0.25) is 0 Å². The minimum Gasteiger partial charge on any atom is -0.508 e. The zero-order chi connectivity index (χ0) is 21.5. The second-order valence-electron chi connectivity index (χ2n) is 9.17. The van der Waals surface area contributed by atoms with Crippen molar-refractivity contribution in [3.63, 3.8) is 0 Å². The van der Waals surface area contributed by atoms with Crippen LogP contribution in [0.25, 0.3) is 5.65 Å². The molecule has 2 fully saturated rings. The lowest BCUT2D eigenvalue weighted by atomic mass is 9.98. The molecule has 1 amide bonds. The van der Waals surface area contributed by atoms with E-state index >= 15 is 0 Å². The summed E-state index contributed by atoms with van der Waals surface area (Å²) in [5, 5.41) is 14.9. The van der Waals surface area contributed by atoms with Gasteiger partial charge in [0.2, 0.25) is 0 Å². The quantitative estimate of drug-likeness (QED) is 0.644. The number of likely N-dealkylation sites (tertiary alicyclic amines) is 1. The van der Waals surface area contributed by atoms with Gasteiger partial charge in [-0.25, -0.2) is 9.50 Å². The molecule has 1 unspecified atom stereocenters. The van der Waals surface area contributed by atoms with Crippen molar-refractivity contribution in [1.82, 2.24) is 19.5 Å². The lowest BCUT2D eigenvalue weighted by Crippen LogP contribution is -2.38. The zero-order valence-corrected chi connectivity index (χ0v) is 18.3. The van der Waals surface area contributed by atoms with Crippen LogP contribution >= 0.6 is 0 Å². The van der Waals surface area contributed by atoms with Crippen LogP contribution in [-0.4, -0.2) is 37.1 Å². The van der Waals surface area contributed by atoms with Gasteiger partial charge in [-0.3, -0.25) is 4.79 Å². The number of hydrogen-bond acceptors (Lipinski definition) is 4. The van der Waals surface area contributed by atoms with Gasteiger partial charge in [-0.05, 0) is 69.2 Å². The van der Waals surface area contributed by atoms with Gasteiger partial charge < -0.3 is 10.0 Å². The van der Waals surface area contributed by atoms with Gasteiger partial charge in [-0.2, -0.15) is 5.10 Å². The first kappa shape index (κ1) is 20.0. The molecule has 1 saturated carbocycles. The molecule has 2 aliphatic rings. The number of amides is 1. The van der Waals surface area contributed by atoms with Crippen LogP contribution in [0.3, 0.4) is 0 Å². The van der Waals surface area contributed by atoms with E-state index in [-0.39, 0.29) is 17.7 Å². The molecule has 1 aliphatic carbocycles. The third kappa shape index (κ3) is 3.68. The Balaban J connectivity index is 1.48. The van der Waals surface area contributed by atoms with E-state index in [2.05, 4.69) is 19.2 Å². The standard InChI is InChI=1S/C25H30N4O2/c1-16-10-11-19(13-22(16)30)25(31)28-12-6-5-9-21(28)20-14-23-26-24(18-7-3-4-8-18)17(2)15-29(23)27-20/h10-11,13-15,18,21,30H,3-9,12H2,1-2H3. The van der Waals surface area contributed by atoms with Crippen molar-refractivity contribution in [1.29, 1.82) is 0 Å². The van der Waals surface area contributed by atoms with E-state index in [4.69, 9.17) is 10.1 Å². The minimum atomic E-state index is -0.0679. The summed E-state index contributed by atoms with van der Waals surface area (Å²) in [6.45, 7) is 4.66. The van der Waals surface area contributed by atoms with Crippen LogP contribution in [0.4, 0.5) is 0 Å². The third-order valence-electron chi connectivity index (χ3n) is 6.99. The Kier molecular flexibility index (Phi) is 5.16. The summed E-state index contributed by atoms with van der Waals surface area (Å²) in [5.41, 5.74) is 5.47. The molecule has 1 aromatic carbocycles. The van der Waals surface area contributed by atoms with Crippen LogP contribution in [-0.2, 0) is 0 Å². The topological polar surface area (TPSA) is 70.7 Å². The molecule has 1 saturated heterocycles. The number of nitrogens with zero attached hydrogens (tertiary/aromatic N) is 4. The molecular weight excluding hydrogens is 388 g/mol. The molecule has 6 heteroatoms. The number of aryl methyl sites for hydroxylation is 2. The van der Waals surface area contributed by atoms with Gasteiger partial charge in [0.15, 0.2) is 5.65 Å². The highest BCUT2D eigenvalue weighted by molar-refractivity contribution is 5.95. The van der Waals surface area contributed by atoms with Gasteiger partial charge in [0, 0.05) is 30.3 Å². The predicted molar refractivity (Wildman–Crippen MR) is 119 cm³/mol. The fourth-order valence-corrected chi connectivity index (χ4v) is 5.21. The van der Waals surface area contributed by atoms with Crippen molar-refractivity contribution >= 4 is 11.6 Å². The Hall–Kier alpha value is -2.89. The first-order valence-corrected chi connectivity index (χ1v) is 11.5. The van der Waals surface area contributed by atoms with E-state index in [9.17, 15) is 9.90 Å². The van der Waals surface area contributed by atoms with E-state index in [1.54, 1.807) is 18.2 Å². The smallest absolute Gasteiger partial charge is 0.254 e. The van der Waals surface area contributed by atoms with Crippen molar-refractivity contribution in [2.75, 3.05) is 6.54 Å². The Morgan fingerprint density at radius 1 is 1.03 bits per heavy atom. The average molecular weight is 419 g/mol. The van der Waals surface area contributed by atoms with Crippen LogP contribution < -0.4 is 0 Å². The Bertz CT molecular complexity index is 1130. The largest absolute Gasteiger partial charge is 0.508 e. The van der Waals surface area contributed by atoms with E-state index in [0.717, 1.165) is 36.2 Å². The second-order valence-corrected chi connectivity index (χ2v) is 9.17. The molecule has 1 aliphatic heterocycles. The fraction of sp³-hybridized carbons (Fsp3) is 0.480. The molecule has 31 heavy (non-hydrogen) atoms. The van der Waals surface area contributed by atoms with Gasteiger partial charge in [0.1, 0.15) is 5.75 Å². The number of piperidine rings is 1. The summed E-state index contributed by atoms with van der Waals surface area (Å²) in [7, 11) is 0. The second kappa shape index (κ2) is 7.98. The zero-order valence-electron chi connectivity index (χ0n) is 18.3. The molecule has 0 spiro atoms. The number of fused-ring (bicyclic) bond motifs is 1. The Labute approximate surface area is 182 Å². The number of carbonyl (C=O) groups is 1. The monoisotopic (exact) mass is 418 g/mol. The van der Waals surface area contributed by atoms with Crippen LogP contribution in [0, 0.1) is 13.8 Å². The maximum atomic E-state index is 13.3. The number of aromatic hydroxyl groups is 1. The fourth-order valence-electron chi connectivity index (χ4n) is 5.21. The molecular formula is C25H30N4O2. The van der Waals surface area contributed by atoms with Crippen LogP contribution in [0.1, 0.15) is 89.8 Å². The lowest BCUT2D eigenvalue weighted by molar-refractivity contribution is 0.0605. The Morgan fingerprint density at radius 3 is 2.58 bits per heavy atom. The minimum absolute atomic E-state index is 0.0483. The number of phenols is 1. The summed E-state index contributed by atoms with van der Waals surface area (Å²) in [6, 6.07) is 7.16. The van der Waals surface area contributed by atoms with Crippen molar-refractivity contribution < 1.29 is 9.90 Å². The Morgan fingerprint density at radius 2 is 1.81 bits per heavy atom. The average Bonchev–Trinajstić information content (AvgIpc) is 3.44. The summed E-state index contributed by atoms with van der Waals surface area (Å²) in [4.78, 5) is 20.2. The molecule has 3 aromatic rings. The molecule has 1 atom stereocenters. The van der Waals surface area contributed by atoms with Crippen molar-refractivity contribution in [2.45, 2.75) is 70.8 Å². The maximum Gasteiger partial charge on any atom is 0.254 e. The van der Waals surface area contributed by atoms with E-state index < -0.39 is 0 Å². The normalized spacial score (nSPS) is 19.9. The highest BCUT2D eigenvalue weighted by Gasteiger charge is 2.31. The summed E-state index contributed by atoms with van der Waals surface area (Å²) in [5.74, 6) is 0.671. The van der Waals surface area contributed by atoms with Gasteiger partial charge in [-0.1, -0.05) is 18.9 Å². The summed E-state index contributed by atoms with van der Waals surface area (Å²) < 4.78 is 1.87. The maximum absolute atomic E-state index is 13.3. The molecule has 6 nitrogen and oxygen atoms in total. The highest BCUT2D eigenvalue weighted by Crippen LogP contribution is 2.36. The predicted octanol–water partition coefficient (Wildman–Crippen LogP) is 5.08. The lowest BCUT2D eigenvalue weighted by Gasteiger charge is -2.34. The van der Waals surface area contributed by atoms with E-state index in [0.29, 0.717) is 18.0 Å². The molecule has 162 valence electrons. The van der Waals surface area contributed by atoms with Crippen molar-refractivity contribution in [3.05, 3.63) is 58.5 Å². The number of hydrogen-bond donors (Lipinski definition) is 1. The molecule has 3 heterocycles. The summed E-state index contributed by atoms with van der Waals surface area (Å²) in [6.07, 6.45) is 10.1. The molecule has 0 bridgehead atoms. The number of carbonyl (C=O) groups excluding carboxylic acids is 1. The SMILES string of the molecule is Cc1ccc(C(=O)N2CCCCC2c2cc3nc(C4CCCC4)c(C)cn3n2)cc1O. The number of benzene rings is 1. The van der Waals surface area contributed by atoms with Crippen LogP contribution in [0.15, 0.2) is 30.5 Å². The molecule has 2 aromatic heterocycles. The van der Waals surface area contributed by atoms with Gasteiger partial charge in [0.05, 0.1) is 17.4 Å². The van der Waals surface area contributed by atoms with Gasteiger partial charge in [0.25, 0.3) is 5.91 Å². The van der Waals surface area contributed by atoms with Gasteiger partial charge >= 0.3 is 0 Å². The third-order valence-corrected chi connectivity index (χ3v) is 6.99. The molecule has 1 N–H and O–H groups in total. The van der Waals surface area contributed by atoms with E-state index in [1.165, 1.54) is 36.9 Å². The summed E-state index contributed by atoms with van der Waals surface area (Å²) >= 11 is 0. The number of aromatic nitrogens is 3.